The van der Waals surface area contributed by atoms with Gasteiger partial charge in [-0.15, -0.1) is 0 Å². The van der Waals surface area contributed by atoms with Crippen LogP contribution in [0.1, 0.15) is 39.5 Å². The normalized spacial score (nSPS) is 28.5. The topological polar surface area (TPSA) is 159 Å². The van der Waals surface area contributed by atoms with Crippen LogP contribution < -0.4 is 16.8 Å². The Kier molecular flexibility index (Phi) is 7.66. The van der Waals surface area contributed by atoms with Gasteiger partial charge in [0.1, 0.15) is 5.54 Å². The van der Waals surface area contributed by atoms with Crippen molar-refractivity contribution in [2.45, 2.75) is 57.4 Å². The predicted octanol–water partition coefficient (Wildman–Crippen LogP) is -0.853. The summed E-state index contributed by atoms with van der Waals surface area (Å²) in [5.41, 5.74) is 10.5. The molecule has 0 saturated heterocycles. The van der Waals surface area contributed by atoms with Crippen LogP contribution in [0.25, 0.3) is 0 Å². The van der Waals surface area contributed by atoms with E-state index >= 15 is 0 Å². The first kappa shape index (κ1) is 20.9. The third kappa shape index (κ3) is 5.44. The first-order chi connectivity index (χ1) is 11.1. The molecule has 8 N–H and O–H groups in total. The van der Waals surface area contributed by atoms with Gasteiger partial charge in [0.2, 0.25) is 5.91 Å². The van der Waals surface area contributed by atoms with Gasteiger partial charge >= 0.3 is 13.1 Å². The maximum Gasteiger partial charge on any atom is 0.451 e. The van der Waals surface area contributed by atoms with Gasteiger partial charge in [-0.25, -0.2) is 0 Å². The highest BCUT2D eigenvalue weighted by Crippen LogP contribution is 2.38. The summed E-state index contributed by atoms with van der Waals surface area (Å²) in [6.45, 7) is 3.86. The van der Waals surface area contributed by atoms with E-state index in [-0.39, 0.29) is 42.9 Å². The van der Waals surface area contributed by atoms with Gasteiger partial charge in [0.25, 0.3) is 0 Å². The molecule has 1 fully saturated rings. The van der Waals surface area contributed by atoms with Gasteiger partial charge < -0.3 is 31.9 Å². The molecule has 0 bridgehead atoms. The standard InChI is InChI=1S/C15H30BN3O5/c1-9(2)12(17)13(20)19-8-11-4-3-10(5-6-16(23)24)7-15(11,18)14(21)22/h9-12,23-24H,3-8,17-18H2,1-2H3,(H,19,20)(H,21,22)/t10-,11+,12-,15+/m0/s1. The van der Waals surface area contributed by atoms with Crippen molar-refractivity contribution in [3.63, 3.8) is 0 Å². The Morgan fingerprint density at radius 2 is 1.96 bits per heavy atom. The molecule has 0 aromatic heterocycles. The summed E-state index contributed by atoms with van der Waals surface area (Å²) < 4.78 is 0. The van der Waals surface area contributed by atoms with Gasteiger partial charge in [-0.05, 0) is 37.4 Å². The number of aliphatic carboxylic acids is 1. The van der Waals surface area contributed by atoms with E-state index in [9.17, 15) is 14.7 Å². The highest BCUT2D eigenvalue weighted by molar-refractivity contribution is 6.40. The molecule has 1 aliphatic rings. The minimum Gasteiger partial charge on any atom is -0.480 e. The van der Waals surface area contributed by atoms with Crippen molar-refractivity contribution >= 4 is 19.0 Å². The van der Waals surface area contributed by atoms with Crippen molar-refractivity contribution in [2.75, 3.05) is 6.54 Å². The number of nitrogens with one attached hydrogen (secondary N) is 1. The molecular formula is C15H30BN3O5. The van der Waals surface area contributed by atoms with Crippen LogP contribution in [-0.4, -0.2) is 52.3 Å². The third-order valence-corrected chi connectivity index (χ3v) is 5.05. The summed E-state index contributed by atoms with van der Waals surface area (Å²) in [6.07, 6.45) is 2.28. The van der Waals surface area contributed by atoms with Crippen LogP contribution in [0.3, 0.4) is 0 Å². The van der Waals surface area contributed by atoms with Gasteiger partial charge in [0.15, 0.2) is 0 Å². The second-order valence-corrected chi connectivity index (χ2v) is 7.26. The Morgan fingerprint density at radius 3 is 2.46 bits per heavy atom. The maximum atomic E-state index is 12.0. The third-order valence-electron chi connectivity index (χ3n) is 5.05. The second kappa shape index (κ2) is 8.80. The molecule has 1 aliphatic carbocycles. The molecule has 4 atom stereocenters. The molecule has 0 radical (unpaired) electrons. The molecule has 1 rings (SSSR count). The summed E-state index contributed by atoms with van der Waals surface area (Å²) in [6, 6.07) is -0.635. The number of nitrogens with two attached hydrogens (primary N) is 2. The van der Waals surface area contributed by atoms with E-state index in [1.54, 1.807) is 0 Å². The fraction of sp³-hybridized carbons (Fsp3) is 0.867. The minimum atomic E-state index is -1.43. The molecule has 0 unspecified atom stereocenters. The van der Waals surface area contributed by atoms with E-state index in [2.05, 4.69) is 5.32 Å². The summed E-state index contributed by atoms with van der Waals surface area (Å²) in [7, 11) is -1.39. The fourth-order valence-electron chi connectivity index (χ4n) is 3.26. The van der Waals surface area contributed by atoms with Crippen LogP contribution in [0, 0.1) is 17.8 Å². The van der Waals surface area contributed by atoms with Crippen LogP contribution in [-0.2, 0) is 9.59 Å². The number of amides is 1. The van der Waals surface area contributed by atoms with Gasteiger partial charge in [0, 0.05) is 12.5 Å². The van der Waals surface area contributed by atoms with Gasteiger partial charge in [-0.1, -0.05) is 20.3 Å². The quantitative estimate of drug-likeness (QED) is 0.313. The Labute approximate surface area is 143 Å². The number of rotatable bonds is 8. The van der Waals surface area contributed by atoms with Crippen molar-refractivity contribution < 1.29 is 24.7 Å². The first-order valence-electron chi connectivity index (χ1n) is 8.49. The Morgan fingerprint density at radius 1 is 1.33 bits per heavy atom. The molecule has 0 aromatic carbocycles. The van der Waals surface area contributed by atoms with Crippen LogP contribution >= 0.6 is 0 Å². The van der Waals surface area contributed by atoms with Crippen LogP contribution in [0.5, 0.6) is 0 Å². The SMILES string of the molecule is CC(C)[C@H](N)C(=O)NC[C@H]1CC[C@@H](CCB(O)O)C[C@]1(N)C(=O)O. The molecule has 0 heterocycles. The van der Waals surface area contributed by atoms with E-state index in [4.69, 9.17) is 21.5 Å². The zero-order valence-corrected chi connectivity index (χ0v) is 14.4. The van der Waals surface area contributed by atoms with Crippen LogP contribution in [0.2, 0.25) is 6.32 Å². The molecule has 1 amide bonds. The number of carbonyl (C=O) groups excluding carboxylic acids is 1. The van der Waals surface area contributed by atoms with Gasteiger partial charge in [0.05, 0.1) is 6.04 Å². The highest BCUT2D eigenvalue weighted by atomic mass is 16.4. The molecule has 24 heavy (non-hydrogen) atoms. The van der Waals surface area contributed by atoms with E-state index < -0.39 is 24.7 Å². The lowest BCUT2D eigenvalue weighted by atomic mass is 9.66. The van der Waals surface area contributed by atoms with Crippen molar-refractivity contribution in [3.05, 3.63) is 0 Å². The summed E-state index contributed by atoms with van der Waals surface area (Å²) >= 11 is 0. The zero-order valence-electron chi connectivity index (χ0n) is 14.4. The molecule has 138 valence electrons. The number of carboxylic acid groups (broad SMARTS) is 1. The first-order valence-corrected chi connectivity index (χ1v) is 8.49. The lowest BCUT2D eigenvalue weighted by molar-refractivity contribution is -0.148. The molecule has 0 aromatic rings. The monoisotopic (exact) mass is 343 g/mol. The second-order valence-electron chi connectivity index (χ2n) is 7.26. The zero-order chi connectivity index (χ0) is 18.5. The number of hydrogen-bond acceptors (Lipinski definition) is 6. The van der Waals surface area contributed by atoms with Gasteiger partial charge in [-0.3, -0.25) is 9.59 Å². The average Bonchev–Trinajstić information content (AvgIpc) is 2.50. The van der Waals surface area contributed by atoms with Crippen molar-refractivity contribution in [1.82, 2.24) is 5.32 Å². The van der Waals surface area contributed by atoms with E-state index in [0.29, 0.717) is 12.8 Å². The number of hydrogen-bond donors (Lipinski definition) is 6. The van der Waals surface area contributed by atoms with E-state index in [1.807, 2.05) is 13.8 Å². The van der Waals surface area contributed by atoms with Gasteiger partial charge in [-0.2, -0.15) is 0 Å². The van der Waals surface area contributed by atoms with Crippen LogP contribution in [0.4, 0.5) is 0 Å². The molecule has 0 spiro atoms. The molecule has 9 heteroatoms. The fourth-order valence-corrected chi connectivity index (χ4v) is 3.26. The lowest BCUT2D eigenvalue weighted by Crippen LogP contribution is -2.60. The number of carboxylic acids is 1. The summed E-state index contributed by atoms with van der Waals surface area (Å²) in [5, 5.41) is 30.2. The van der Waals surface area contributed by atoms with Crippen molar-refractivity contribution in [1.29, 1.82) is 0 Å². The molecule has 0 aliphatic heterocycles. The molecular weight excluding hydrogens is 313 g/mol. The lowest BCUT2D eigenvalue weighted by Gasteiger charge is -2.41. The summed E-state index contributed by atoms with van der Waals surface area (Å²) in [5.74, 6) is -1.76. The average molecular weight is 343 g/mol. The predicted molar refractivity (Wildman–Crippen MR) is 90.8 cm³/mol. The molecule has 8 nitrogen and oxygen atoms in total. The van der Waals surface area contributed by atoms with E-state index in [1.165, 1.54) is 0 Å². The van der Waals surface area contributed by atoms with E-state index in [0.717, 1.165) is 6.42 Å². The van der Waals surface area contributed by atoms with Crippen molar-refractivity contribution in [2.24, 2.45) is 29.2 Å². The maximum absolute atomic E-state index is 12.0. The smallest absolute Gasteiger partial charge is 0.451 e. The highest BCUT2D eigenvalue weighted by Gasteiger charge is 2.47. The Balaban J connectivity index is 2.67. The van der Waals surface area contributed by atoms with Crippen molar-refractivity contribution in [3.8, 4) is 0 Å². The Bertz CT molecular complexity index is 449. The minimum absolute atomic E-state index is 0.00671. The molecule has 1 saturated carbocycles. The largest absolute Gasteiger partial charge is 0.480 e. The number of carbonyl (C=O) groups is 2. The Hall–Kier alpha value is -1.16. The summed E-state index contributed by atoms with van der Waals surface area (Å²) in [4.78, 5) is 23.7. The van der Waals surface area contributed by atoms with Crippen LogP contribution in [0.15, 0.2) is 0 Å².